The Morgan fingerprint density at radius 2 is 2.07 bits per heavy atom. The van der Waals surface area contributed by atoms with Gasteiger partial charge >= 0.3 is 0 Å². The van der Waals surface area contributed by atoms with Gasteiger partial charge in [0, 0.05) is 24.3 Å². The molecule has 27 heavy (non-hydrogen) atoms. The molecule has 0 aromatic carbocycles. The number of imidazole rings is 1. The molecule has 0 spiro atoms. The zero-order valence-electron chi connectivity index (χ0n) is 15.6. The highest BCUT2D eigenvalue weighted by molar-refractivity contribution is 5.64. The average molecular weight is 363 g/mol. The number of rotatable bonds is 5. The summed E-state index contributed by atoms with van der Waals surface area (Å²) in [7, 11) is 0. The third-order valence-electron chi connectivity index (χ3n) is 5.30. The van der Waals surface area contributed by atoms with Crippen LogP contribution in [-0.4, -0.2) is 33.3 Å². The fraction of sp³-hybridized carbons (Fsp3) is 0.545. The Hall–Kier alpha value is -2.32. The highest BCUT2D eigenvalue weighted by Gasteiger charge is 2.26. The molecule has 5 nitrogen and oxygen atoms in total. The van der Waals surface area contributed by atoms with Crippen molar-refractivity contribution >= 4 is 0 Å². The molecule has 2 aromatic heterocycles. The van der Waals surface area contributed by atoms with E-state index in [0.717, 1.165) is 61.5 Å². The van der Waals surface area contributed by atoms with E-state index >= 15 is 0 Å². The molecule has 5 rings (SSSR count). The van der Waals surface area contributed by atoms with Crippen molar-refractivity contribution in [2.24, 2.45) is 5.92 Å². The van der Waals surface area contributed by atoms with Gasteiger partial charge in [0.1, 0.15) is 11.4 Å². The minimum absolute atomic E-state index is 0.253. The van der Waals surface area contributed by atoms with Gasteiger partial charge in [-0.25, -0.2) is 9.97 Å². The maximum Gasteiger partial charge on any atom is 0.148 e. The number of pyridine rings is 1. The van der Waals surface area contributed by atoms with Crippen LogP contribution in [0.15, 0.2) is 24.8 Å². The Bertz CT molecular complexity index is 865. The van der Waals surface area contributed by atoms with Gasteiger partial charge in [-0.3, -0.25) is 0 Å². The summed E-state index contributed by atoms with van der Waals surface area (Å²) in [6, 6.07) is 2.05. The second-order valence-corrected chi connectivity index (χ2v) is 7.85. The summed E-state index contributed by atoms with van der Waals surface area (Å²) in [6.07, 6.45) is 14.4. The molecular weight excluding hydrogens is 338 g/mol. The molecule has 3 heterocycles. The van der Waals surface area contributed by atoms with E-state index in [2.05, 4.69) is 21.4 Å². The van der Waals surface area contributed by atoms with Gasteiger partial charge in [0.25, 0.3) is 0 Å². The van der Waals surface area contributed by atoms with E-state index in [0.29, 0.717) is 12.0 Å². The Morgan fingerprint density at radius 3 is 2.85 bits per heavy atom. The van der Waals surface area contributed by atoms with E-state index in [1.165, 1.54) is 19.3 Å². The molecule has 1 saturated heterocycles. The Balaban J connectivity index is 1.43. The summed E-state index contributed by atoms with van der Waals surface area (Å²) in [5.41, 5.74) is 2.77. The zero-order valence-corrected chi connectivity index (χ0v) is 15.6. The van der Waals surface area contributed by atoms with Crippen LogP contribution in [0.3, 0.4) is 0 Å². The largest absolute Gasteiger partial charge is 0.488 e. The summed E-state index contributed by atoms with van der Waals surface area (Å²) < 4.78 is 14.2. The van der Waals surface area contributed by atoms with Crippen LogP contribution >= 0.6 is 0 Å². The van der Waals surface area contributed by atoms with Gasteiger partial charge in [-0.05, 0) is 51.0 Å². The van der Waals surface area contributed by atoms with Crippen LogP contribution in [0.4, 0.5) is 0 Å². The second-order valence-electron chi connectivity index (χ2n) is 7.85. The van der Waals surface area contributed by atoms with Gasteiger partial charge in [-0.1, -0.05) is 11.8 Å². The van der Waals surface area contributed by atoms with E-state index < -0.39 is 0 Å². The van der Waals surface area contributed by atoms with E-state index in [1.54, 1.807) is 0 Å². The van der Waals surface area contributed by atoms with Crippen LogP contribution in [0.1, 0.15) is 50.5 Å². The molecule has 0 radical (unpaired) electrons. The van der Waals surface area contributed by atoms with E-state index in [1.807, 2.05) is 24.8 Å². The third-order valence-corrected chi connectivity index (χ3v) is 5.30. The molecule has 140 valence electrons. The molecule has 2 aliphatic carbocycles. The lowest BCUT2D eigenvalue weighted by atomic mass is 10.1. The molecule has 0 N–H and O–H groups in total. The van der Waals surface area contributed by atoms with E-state index in [9.17, 15) is 0 Å². The molecule has 5 heteroatoms. The van der Waals surface area contributed by atoms with Gasteiger partial charge in [-0.15, -0.1) is 0 Å². The molecule has 3 fully saturated rings. The van der Waals surface area contributed by atoms with Crippen LogP contribution < -0.4 is 4.74 Å². The highest BCUT2D eigenvalue weighted by Crippen LogP contribution is 2.34. The predicted octanol–water partition coefficient (Wildman–Crippen LogP) is 3.82. The Kier molecular flexibility index (Phi) is 4.59. The maximum absolute atomic E-state index is 6.19. The SMILES string of the molecule is C(#CC1CC1)c1cnc(-c2cncn2C[C@H]2CCCCO2)c(OC2CC2)c1. The van der Waals surface area contributed by atoms with Crippen molar-refractivity contribution in [3.8, 4) is 29.0 Å². The van der Waals surface area contributed by atoms with Crippen molar-refractivity contribution in [3.63, 3.8) is 0 Å². The molecule has 0 amide bonds. The van der Waals surface area contributed by atoms with Crippen LogP contribution in [0, 0.1) is 17.8 Å². The van der Waals surface area contributed by atoms with Crippen LogP contribution in [0.5, 0.6) is 5.75 Å². The van der Waals surface area contributed by atoms with Gasteiger partial charge in [0.2, 0.25) is 0 Å². The molecule has 2 aromatic rings. The van der Waals surface area contributed by atoms with Crippen molar-refractivity contribution in [2.75, 3.05) is 6.61 Å². The molecule has 3 aliphatic rings. The van der Waals surface area contributed by atoms with Crippen molar-refractivity contribution in [3.05, 3.63) is 30.4 Å². The van der Waals surface area contributed by atoms with Crippen molar-refractivity contribution < 1.29 is 9.47 Å². The number of nitrogens with zero attached hydrogens (tertiary/aromatic N) is 3. The average Bonchev–Trinajstić information content (AvgIpc) is 3.62. The van der Waals surface area contributed by atoms with Crippen molar-refractivity contribution in [2.45, 2.75) is 63.7 Å². The summed E-state index contributed by atoms with van der Waals surface area (Å²) in [5, 5.41) is 0. The topological polar surface area (TPSA) is 49.2 Å². The summed E-state index contributed by atoms with van der Waals surface area (Å²) in [6.45, 7) is 1.67. The number of hydrogen-bond donors (Lipinski definition) is 0. The smallest absolute Gasteiger partial charge is 0.148 e. The number of hydrogen-bond acceptors (Lipinski definition) is 4. The first-order valence-corrected chi connectivity index (χ1v) is 10.2. The van der Waals surface area contributed by atoms with Gasteiger partial charge in [0.15, 0.2) is 0 Å². The minimum atomic E-state index is 0.253. The first-order valence-electron chi connectivity index (χ1n) is 10.2. The quantitative estimate of drug-likeness (QED) is 0.758. The fourth-order valence-electron chi connectivity index (χ4n) is 3.41. The van der Waals surface area contributed by atoms with Crippen LogP contribution in [0.25, 0.3) is 11.4 Å². The molecular formula is C22H25N3O2. The first-order chi connectivity index (χ1) is 13.3. The fourth-order valence-corrected chi connectivity index (χ4v) is 3.41. The standard InChI is InChI=1S/C22H25N3O2/c1-2-10-26-19(3-1)14-25-15-23-13-20(25)22-21(27-18-8-9-18)11-17(12-24-22)7-6-16-4-5-16/h11-13,15-16,18-19H,1-5,8-10,14H2/t19-/m1/s1. The lowest BCUT2D eigenvalue weighted by Crippen LogP contribution is -2.24. The Morgan fingerprint density at radius 1 is 1.15 bits per heavy atom. The number of aromatic nitrogens is 3. The molecule has 1 atom stereocenters. The van der Waals surface area contributed by atoms with Gasteiger partial charge in [-0.2, -0.15) is 0 Å². The molecule has 0 unspecified atom stereocenters. The molecule has 1 aliphatic heterocycles. The summed E-state index contributed by atoms with van der Waals surface area (Å²) in [5.74, 6) is 7.97. The van der Waals surface area contributed by atoms with Gasteiger partial charge in [0.05, 0.1) is 37.0 Å². The first kappa shape index (κ1) is 16.8. The lowest BCUT2D eigenvalue weighted by Gasteiger charge is -2.23. The van der Waals surface area contributed by atoms with Crippen LogP contribution in [-0.2, 0) is 11.3 Å². The van der Waals surface area contributed by atoms with Gasteiger partial charge < -0.3 is 14.0 Å². The monoisotopic (exact) mass is 363 g/mol. The third kappa shape index (κ3) is 4.17. The van der Waals surface area contributed by atoms with E-state index in [-0.39, 0.29) is 6.10 Å². The molecule has 2 saturated carbocycles. The zero-order chi connectivity index (χ0) is 18.1. The lowest BCUT2D eigenvalue weighted by molar-refractivity contribution is 0.00620. The molecule has 0 bridgehead atoms. The second kappa shape index (κ2) is 7.36. The summed E-state index contributed by atoms with van der Waals surface area (Å²) >= 11 is 0. The highest BCUT2D eigenvalue weighted by atomic mass is 16.5. The van der Waals surface area contributed by atoms with Crippen molar-refractivity contribution in [1.82, 2.24) is 14.5 Å². The van der Waals surface area contributed by atoms with E-state index in [4.69, 9.17) is 14.5 Å². The normalized spacial score (nSPS) is 22.1. The number of ether oxygens (including phenoxy) is 2. The Labute approximate surface area is 160 Å². The van der Waals surface area contributed by atoms with Crippen LogP contribution in [0.2, 0.25) is 0 Å². The predicted molar refractivity (Wildman–Crippen MR) is 102 cm³/mol. The van der Waals surface area contributed by atoms with Crippen molar-refractivity contribution in [1.29, 1.82) is 0 Å². The minimum Gasteiger partial charge on any atom is -0.488 e. The maximum atomic E-state index is 6.19. The summed E-state index contributed by atoms with van der Waals surface area (Å²) in [4.78, 5) is 9.10.